The van der Waals surface area contributed by atoms with Crippen molar-refractivity contribution in [2.45, 2.75) is 19.8 Å². The first-order valence-electron chi connectivity index (χ1n) is 8.62. The molecular weight excluding hydrogens is 332 g/mol. The zero-order chi connectivity index (χ0) is 18.6. The van der Waals surface area contributed by atoms with E-state index in [1.54, 1.807) is 24.3 Å². The zero-order valence-electron chi connectivity index (χ0n) is 14.9. The summed E-state index contributed by atoms with van der Waals surface area (Å²) in [5, 5.41) is 0. The van der Waals surface area contributed by atoms with Gasteiger partial charge in [0.2, 0.25) is 5.91 Å². The topological polar surface area (TPSA) is 76.7 Å². The number of carbonyl (C=O) groups is 2. The molecule has 0 radical (unpaired) electrons. The van der Waals surface area contributed by atoms with E-state index in [0.29, 0.717) is 44.0 Å². The molecule has 0 saturated heterocycles. The number of aryl methyl sites for hydroxylation is 1. The Morgan fingerprint density at radius 3 is 2.54 bits per heavy atom. The Kier molecular flexibility index (Phi) is 8.15. The van der Waals surface area contributed by atoms with Gasteiger partial charge in [-0.1, -0.05) is 36.4 Å². The average molecular weight is 356 g/mol. The van der Waals surface area contributed by atoms with Crippen LogP contribution in [0.25, 0.3) is 0 Å². The lowest BCUT2D eigenvalue weighted by Crippen LogP contribution is -2.41. The Balaban J connectivity index is 1.75. The summed E-state index contributed by atoms with van der Waals surface area (Å²) in [5.74, 6) is -0.0626. The number of benzene rings is 2. The van der Waals surface area contributed by atoms with Gasteiger partial charge in [-0.2, -0.15) is 0 Å². The summed E-state index contributed by atoms with van der Waals surface area (Å²) >= 11 is 0. The normalized spacial score (nSPS) is 10.2. The Labute approximate surface area is 153 Å². The summed E-state index contributed by atoms with van der Waals surface area (Å²) in [5.41, 5.74) is 6.33. The highest BCUT2D eigenvalue weighted by atomic mass is 16.5. The molecule has 0 atom stereocenters. The molecule has 0 aliphatic carbocycles. The molecular formula is C20H24N2O4. The smallest absolute Gasteiger partial charge is 0.269 e. The molecule has 6 heteroatoms. The number of rotatable bonds is 9. The van der Waals surface area contributed by atoms with Crippen LogP contribution in [0.15, 0.2) is 54.6 Å². The molecule has 6 nitrogen and oxygen atoms in total. The van der Waals surface area contributed by atoms with Gasteiger partial charge in [0.05, 0.1) is 6.61 Å². The predicted molar refractivity (Wildman–Crippen MR) is 98.8 cm³/mol. The van der Waals surface area contributed by atoms with Gasteiger partial charge in [-0.05, 0) is 37.1 Å². The van der Waals surface area contributed by atoms with E-state index in [1.165, 1.54) is 0 Å². The van der Waals surface area contributed by atoms with Crippen LogP contribution in [-0.4, -0.2) is 31.6 Å². The molecule has 0 aromatic heterocycles. The maximum atomic E-state index is 12.1. The van der Waals surface area contributed by atoms with E-state index in [2.05, 4.69) is 10.9 Å². The van der Waals surface area contributed by atoms with Crippen molar-refractivity contribution >= 4 is 11.8 Å². The summed E-state index contributed by atoms with van der Waals surface area (Å²) in [6.45, 7) is 3.45. The van der Waals surface area contributed by atoms with E-state index in [9.17, 15) is 9.59 Å². The second-order valence-electron chi connectivity index (χ2n) is 5.56. The largest absolute Gasteiger partial charge is 0.491 e. The highest BCUT2D eigenvalue weighted by Gasteiger charge is 2.08. The molecule has 0 aliphatic heterocycles. The molecule has 138 valence electrons. The molecule has 26 heavy (non-hydrogen) atoms. The fourth-order valence-corrected chi connectivity index (χ4v) is 2.25. The molecule has 0 aliphatic rings. The Morgan fingerprint density at radius 1 is 0.962 bits per heavy atom. The fraction of sp³-hybridized carbons (Fsp3) is 0.300. The van der Waals surface area contributed by atoms with Crippen LogP contribution in [0.2, 0.25) is 0 Å². The summed E-state index contributed by atoms with van der Waals surface area (Å²) < 4.78 is 10.7. The van der Waals surface area contributed by atoms with E-state index in [-0.39, 0.29) is 5.91 Å². The zero-order valence-corrected chi connectivity index (χ0v) is 14.9. The lowest BCUT2D eigenvalue weighted by Gasteiger charge is -2.10. The van der Waals surface area contributed by atoms with Crippen molar-refractivity contribution in [2.24, 2.45) is 0 Å². The van der Waals surface area contributed by atoms with E-state index < -0.39 is 5.91 Å². The molecule has 0 spiro atoms. The predicted octanol–water partition coefficient (Wildman–Crippen LogP) is 2.50. The Bertz CT molecular complexity index is 704. The van der Waals surface area contributed by atoms with Gasteiger partial charge < -0.3 is 9.47 Å². The number of hydrogen-bond acceptors (Lipinski definition) is 4. The quantitative estimate of drug-likeness (QED) is 0.535. The molecule has 0 unspecified atom stereocenters. The Hall–Kier alpha value is -2.86. The van der Waals surface area contributed by atoms with E-state index >= 15 is 0 Å². The van der Waals surface area contributed by atoms with Gasteiger partial charge >= 0.3 is 0 Å². The molecule has 0 bridgehead atoms. The van der Waals surface area contributed by atoms with Crippen molar-refractivity contribution in [1.82, 2.24) is 10.9 Å². The number of hydrazine groups is 1. The molecule has 2 aromatic rings. The molecule has 0 fully saturated rings. The van der Waals surface area contributed by atoms with Gasteiger partial charge in [-0.25, -0.2) is 0 Å². The van der Waals surface area contributed by atoms with Crippen LogP contribution in [0.1, 0.15) is 29.3 Å². The third-order valence-electron chi connectivity index (χ3n) is 3.60. The highest BCUT2D eigenvalue weighted by molar-refractivity contribution is 5.95. The first kappa shape index (κ1) is 19.5. The molecule has 2 rings (SSSR count). The Morgan fingerprint density at radius 2 is 1.77 bits per heavy atom. The third kappa shape index (κ3) is 6.94. The van der Waals surface area contributed by atoms with Crippen molar-refractivity contribution in [2.75, 3.05) is 19.8 Å². The van der Waals surface area contributed by atoms with Gasteiger partial charge in [0.15, 0.2) is 0 Å². The van der Waals surface area contributed by atoms with Crippen molar-refractivity contribution in [3.63, 3.8) is 0 Å². The maximum absolute atomic E-state index is 12.1. The molecule has 0 heterocycles. The lowest BCUT2D eigenvalue weighted by atomic mass is 10.1. The van der Waals surface area contributed by atoms with Crippen molar-refractivity contribution < 1.29 is 19.1 Å². The van der Waals surface area contributed by atoms with Gasteiger partial charge in [-0.3, -0.25) is 20.4 Å². The lowest BCUT2D eigenvalue weighted by molar-refractivity contribution is -0.121. The SMILES string of the molecule is CCOCCOc1cccc(C(=O)NNC(=O)CCc2ccccc2)c1. The maximum Gasteiger partial charge on any atom is 0.269 e. The van der Waals surface area contributed by atoms with Crippen LogP contribution < -0.4 is 15.6 Å². The summed E-state index contributed by atoms with van der Waals surface area (Å²) in [7, 11) is 0. The van der Waals surface area contributed by atoms with E-state index in [0.717, 1.165) is 5.56 Å². The molecule has 2 amide bonds. The van der Waals surface area contributed by atoms with Crippen LogP contribution in [0.5, 0.6) is 5.75 Å². The second-order valence-corrected chi connectivity index (χ2v) is 5.56. The standard InChI is InChI=1S/C20H24N2O4/c1-2-25-13-14-26-18-10-6-9-17(15-18)20(24)22-21-19(23)12-11-16-7-4-3-5-8-16/h3-10,15H,2,11-14H2,1H3,(H,21,23)(H,22,24). The number of amides is 2. The number of ether oxygens (including phenoxy) is 2. The first-order valence-corrected chi connectivity index (χ1v) is 8.62. The minimum Gasteiger partial charge on any atom is -0.491 e. The van der Waals surface area contributed by atoms with Gasteiger partial charge in [0, 0.05) is 18.6 Å². The molecule has 2 N–H and O–H groups in total. The number of carbonyl (C=O) groups excluding carboxylic acids is 2. The van der Waals surface area contributed by atoms with Gasteiger partial charge in [-0.15, -0.1) is 0 Å². The summed E-state index contributed by atoms with van der Waals surface area (Å²) in [6, 6.07) is 16.5. The first-order chi connectivity index (χ1) is 12.7. The van der Waals surface area contributed by atoms with Crippen molar-refractivity contribution in [3.05, 3.63) is 65.7 Å². The summed E-state index contributed by atoms with van der Waals surface area (Å²) in [6.07, 6.45) is 0.913. The van der Waals surface area contributed by atoms with E-state index in [4.69, 9.17) is 9.47 Å². The average Bonchev–Trinajstić information content (AvgIpc) is 2.69. The molecule has 2 aromatic carbocycles. The second kappa shape index (κ2) is 10.9. The minimum atomic E-state index is -0.395. The van der Waals surface area contributed by atoms with E-state index in [1.807, 2.05) is 37.3 Å². The number of nitrogens with one attached hydrogen (secondary N) is 2. The van der Waals surface area contributed by atoms with Crippen LogP contribution >= 0.6 is 0 Å². The summed E-state index contributed by atoms with van der Waals surface area (Å²) in [4.78, 5) is 24.0. The van der Waals surface area contributed by atoms with Gasteiger partial charge in [0.25, 0.3) is 5.91 Å². The minimum absolute atomic E-state index is 0.244. The van der Waals surface area contributed by atoms with Crippen molar-refractivity contribution in [3.8, 4) is 5.75 Å². The van der Waals surface area contributed by atoms with Gasteiger partial charge in [0.1, 0.15) is 12.4 Å². The fourth-order valence-electron chi connectivity index (χ4n) is 2.25. The van der Waals surface area contributed by atoms with Crippen molar-refractivity contribution in [1.29, 1.82) is 0 Å². The highest BCUT2D eigenvalue weighted by Crippen LogP contribution is 2.13. The van der Waals surface area contributed by atoms with Crippen LogP contribution in [0.4, 0.5) is 0 Å². The van der Waals surface area contributed by atoms with Crippen LogP contribution in [0, 0.1) is 0 Å². The number of hydrogen-bond donors (Lipinski definition) is 2. The monoisotopic (exact) mass is 356 g/mol. The molecule has 0 saturated carbocycles. The van der Waals surface area contributed by atoms with Crippen LogP contribution in [-0.2, 0) is 16.0 Å². The third-order valence-corrected chi connectivity index (χ3v) is 3.60. The van der Waals surface area contributed by atoms with Crippen LogP contribution in [0.3, 0.4) is 0 Å².